The number of allylic oxidation sites excluding steroid dienone is 1. The number of aryl methyl sites for hydroxylation is 1. The predicted molar refractivity (Wildman–Crippen MR) is 102 cm³/mol. The number of benzene rings is 1. The summed E-state index contributed by atoms with van der Waals surface area (Å²) in [5, 5.41) is 7.24. The highest BCUT2D eigenvalue weighted by Crippen LogP contribution is 2.33. The zero-order chi connectivity index (χ0) is 19.1. The number of rotatable bonds is 4. The largest absolute Gasteiger partial charge is 0.483 e. The Bertz CT molecular complexity index is 847. The van der Waals surface area contributed by atoms with Crippen molar-refractivity contribution in [2.45, 2.75) is 19.8 Å². The molecule has 0 unspecified atom stereocenters. The lowest BCUT2D eigenvalue weighted by atomic mass is 10.1. The number of aliphatic imine (C=N–C) groups is 1. The third kappa shape index (κ3) is 5.56. The zero-order valence-corrected chi connectivity index (χ0v) is 15.0. The van der Waals surface area contributed by atoms with E-state index in [0.29, 0.717) is 28.4 Å². The first kappa shape index (κ1) is 19.4. The minimum atomic E-state index is -0.250. The van der Waals surface area contributed by atoms with Crippen LogP contribution in [0.3, 0.4) is 0 Å². The average Bonchev–Trinajstić information content (AvgIpc) is 3.42. The van der Waals surface area contributed by atoms with Crippen LogP contribution >= 0.6 is 11.6 Å². The van der Waals surface area contributed by atoms with Gasteiger partial charge in [0, 0.05) is 11.3 Å². The Labute approximate surface area is 156 Å². The lowest BCUT2D eigenvalue weighted by Crippen LogP contribution is -2.12. The maximum Gasteiger partial charge on any atom is 0.290 e. The molecule has 0 atom stereocenters. The van der Waals surface area contributed by atoms with E-state index in [2.05, 4.69) is 15.0 Å². The van der Waals surface area contributed by atoms with Crippen molar-refractivity contribution in [3.8, 4) is 11.4 Å². The molecule has 5 N–H and O–H groups in total. The summed E-state index contributed by atoms with van der Waals surface area (Å²) >= 11 is 6.13. The van der Waals surface area contributed by atoms with Crippen molar-refractivity contribution in [1.82, 2.24) is 9.97 Å². The van der Waals surface area contributed by atoms with Gasteiger partial charge >= 0.3 is 0 Å². The first-order valence-corrected chi connectivity index (χ1v) is 8.31. The first-order chi connectivity index (χ1) is 12.4. The Balaban J connectivity index is 0.000000758. The van der Waals surface area contributed by atoms with Crippen LogP contribution in [0.1, 0.15) is 18.4 Å². The van der Waals surface area contributed by atoms with Gasteiger partial charge in [-0.3, -0.25) is 4.79 Å². The van der Waals surface area contributed by atoms with Crippen molar-refractivity contribution in [2.24, 2.45) is 22.4 Å². The summed E-state index contributed by atoms with van der Waals surface area (Å²) in [5.41, 5.74) is 14.7. The van der Waals surface area contributed by atoms with Crippen LogP contribution in [0.15, 0.2) is 47.2 Å². The molecule has 0 spiro atoms. The summed E-state index contributed by atoms with van der Waals surface area (Å²) in [6, 6.07) is 7.92. The standard InChI is InChI=1S/C17H18ClN5.CH2O2/c1-10-3-2-4-12(7-10)16-21-9-13(18)17(23-16)22-15(20)8-14(19)11-5-6-11;2-1-3/h2-4,7-9,11H,5-6,19H2,1H3,(H2,20,21,22,23);1H,(H,2,3)/b14-8-;. The molecule has 3 rings (SSSR count). The third-order valence-corrected chi connectivity index (χ3v) is 3.87. The second-order valence-electron chi connectivity index (χ2n) is 5.80. The Morgan fingerprint density at radius 2 is 2.08 bits per heavy atom. The Hall–Kier alpha value is -2.93. The molecule has 0 radical (unpaired) electrons. The average molecular weight is 374 g/mol. The van der Waals surface area contributed by atoms with Gasteiger partial charge in [0.2, 0.25) is 0 Å². The summed E-state index contributed by atoms with van der Waals surface area (Å²) in [6.07, 6.45) is 5.44. The van der Waals surface area contributed by atoms with Gasteiger partial charge in [-0.25, -0.2) is 15.0 Å². The van der Waals surface area contributed by atoms with Gasteiger partial charge in [-0.15, -0.1) is 0 Å². The van der Waals surface area contributed by atoms with E-state index in [9.17, 15) is 0 Å². The maximum atomic E-state index is 8.36. The number of hydrogen-bond acceptors (Lipinski definition) is 5. The van der Waals surface area contributed by atoms with Gasteiger partial charge in [0.1, 0.15) is 10.9 Å². The maximum absolute atomic E-state index is 8.36. The highest BCUT2D eigenvalue weighted by Gasteiger charge is 2.24. The van der Waals surface area contributed by atoms with Gasteiger partial charge in [-0.1, -0.05) is 35.4 Å². The number of nitrogens with zero attached hydrogens (tertiary/aromatic N) is 3. The summed E-state index contributed by atoms with van der Waals surface area (Å²) in [5.74, 6) is 1.64. The molecular formula is C18H20ClN5O2. The number of halogens is 1. The Morgan fingerprint density at radius 3 is 2.69 bits per heavy atom. The molecule has 136 valence electrons. The van der Waals surface area contributed by atoms with Crippen LogP contribution < -0.4 is 11.5 Å². The van der Waals surface area contributed by atoms with E-state index in [1.807, 2.05) is 31.2 Å². The van der Waals surface area contributed by atoms with Crippen LogP contribution in [-0.2, 0) is 4.79 Å². The molecule has 1 aliphatic rings. The third-order valence-electron chi connectivity index (χ3n) is 3.60. The lowest BCUT2D eigenvalue weighted by Gasteiger charge is -2.04. The van der Waals surface area contributed by atoms with Crippen LogP contribution in [0.4, 0.5) is 5.82 Å². The molecule has 1 aromatic carbocycles. The highest BCUT2D eigenvalue weighted by atomic mass is 35.5. The van der Waals surface area contributed by atoms with Crippen molar-refractivity contribution < 1.29 is 9.90 Å². The fourth-order valence-electron chi connectivity index (χ4n) is 2.22. The van der Waals surface area contributed by atoms with Gasteiger partial charge in [-0.05, 0) is 37.8 Å². The molecule has 1 aromatic heterocycles. The smallest absolute Gasteiger partial charge is 0.290 e. The Morgan fingerprint density at radius 1 is 1.38 bits per heavy atom. The summed E-state index contributed by atoms with van der Waals surface area (Å²) in [4.78, 5) is 21.3. The van der Waals surface area contributed by atoms with Gasteiger partial charge in [0.25, 0.3) is 6.47 Å². The van der Waals surface area contributed by atoms with E-state index in [-0.39, 0.29) is 6.47 Å². The van der Waals surface area contributed by atoms with Crippen LogP contribution in [-0.4, -0.2) is 27.4 Å². The zero-order valence-electron chi connectivity index (χ0n) is 14.3. The molecule has 26 heavy (non-hydrogen) atoms. The first-order valence-electron chi connectivity index (χ1n) is 7.93. The molecule has 7 nitrogen and oxygen atoms in total. The van der Waals surface area contributed by atoms with Crippen molar-refractivity contribution in [2.75, 3.05) is 0 Å². The number of nitrogens with two attached hydrogens (primary N) is 2. The van der Waals surface area contributed by atoms with Gasteiger partial charge < -0.3 is 16.6 Å². The molecule has 8 heteroatoms. The number of amidine groups is 1. The Kier molecular flexibility index (Phi) is 6.68. The van der Waals surface area contributed by atoms with E-state index in [1.54, 1.807) is 6.08 Å². The molecule has 1 fully saturated rings. The van der Waals surface area contributed by atoms with Crippen molar-refractivity contribution in [1.29, 1.82) is 0 Å². The highest BCUT2D eigenvalue weighted by molar-refractivity contribution is 6.32. The van der Waals surface area contributed by atoms with Crippen LogP contribution in [0.5, 0.6) is 0 Å². The molecule has 0 saturated heterocycles. The van der Waals surface area contributed by atoms with Gasteiger partial charge in [0.05, 0.1) is 6.20 Å². The van der Waals surface area contributed by atoms with E-state index in [4.69, 9.17) is 33.0 Å². The normalized spacial score (nSPS) is 14.4. The van der Waals surface area contributed by atoms with Crippen LogP contribution in [0.2, 0.25) is 5.02 Å². The van der Waals surface area contributed by atoms with E-state index >= 15 is 0 Å². The number of aromatic nitrogens is 2. The molecule has 1 heterocycles. The van der Waals surface area contributed by atoms with Crippen LogP contribution in [0.25, 0.3) is 11.4 Å². The number of carbonyl (C=O) groups is 1. The molecule has 0 bridgehead atoms. The molecule has 0 amide bonds. The minimum Gasteiger partial charge on any atom is -0.483 e. The van der Waals surface area contributed by atoms with Crippen molar-refractivity contribution in [3.05, 3.63) is 52.8 Å². The van der Waals surface area contributed by atoms with Crippen molar-refractivity contribution in [3.63, 3.8) is 0 Å². The van der Waals surface area contributed by atoms with E-state index < -0.39 is 0 Å². The molecule has 1 aliphatic carbocycles. The summed E-state index contributed by atoms with van der Waals surface area (Å²) < 4.78 is 0. The molecular weight excluding hydrogens is 354 g/mol. The van der Waals surface area contributed by atoms with E-state index in [0.717, 1.165) is 29.7 Å². The second kappa shape index (κ2) is 8.96. The number of carboxylic acid groups (broad SMARTS) is 1. The monoisotopic (exact) mass is 373 g/mol. The lowest BCUT2D eigenvalue weighted by molar-refractivity contribution is -0.122. The van der Waals surface area contributed by atoms with E-state index in [1.165, 1.54) is 6.20 Å². The van der Waals surface area contributed by atoms with Gasteiger partial charge in [-0.2, -0.15) is 0 Å². The van der Waals surface area contributed by atoms with Crippen molar-refractivity contribution >= 4 is 29.7 Å². The predicted octanol–water partition coefficient (Wildman–Crippen LogP) is 3.05. The summed E-state index contributed by atoms with van der Waals surface area (Å²) in [7, 11) is 0. The second-order valence-corrected chi connectivity index (χ2v) is 6.20. The number of hydrogen-bond donors (Lipinski definition) is 3. The molecule has 0 aliphatic heterocycles. The van der Waals surface area contributed by atoms with Crippen LogP contribution in [0, 0.1) is 12.8 Å². The quantitative estimate of drug-likeness (QED) is 0.429. The topological polar surface area (TPSA) is 127 Å². The minimum absolute atomic E-state index is 0.250. The fraction of sp³-hybridized carbons (Fsp3) is 0.222. The SMILES string of the molecule is Cc1cccc(-c2ncc(Cl)c(N=C(N)/C=C(\N)C3CC3)n2)c1.O=CO. The molecule has 2 aromatic rings. The summed E-state index contributed by atoms with van der Waals surface area (Å²) in [6.45, 7) is 1.77. The fourth-order valence-corrected chi connectivity index (χ4v) is 2.35. The van der Waals surface area contributed by atoms with Gasteiger partial charge in [0.15, 0.2) is 11.6 Å². The molecule has 1 saturated carbocycles.